The highest BCUT2D eigenvalue weighted by Crippen LogP contribution is 2.11. The lowest BCUT2D eigenvalue weighted by Gasteiger charge is -2.31. The summed E-state index contributed by atoms with van der Waals surface area (Å²) in [4.78, 5) is 16.8. The molecule has 2 fully saturated rings. The Kier molecular flexibility index (Phi) is 5.64. The van der Waals surface area contributed by atoms with Crippen molar-refractivity contribution >= 4 is 5.91 Å². The van der Waals surface area contributed by atoms with Crippen molar-refractivity contribution in [1.29, 1.82) is 0 Å². The van der Waals surface area contributed by atoms with Crippen molar-refractivity contribution in [2.75, 3.05) is 32.7 Å². The van der Waals surface area contributed by atoms with Gasteiger partial charge in [0.05, 0.1) is 6.04 Å². The van der Waals surface area contributed by atoms with Crippen LogP contribution in [0.4, 0.5) is 0 Å². The Morgan fingerprint density at radius 1 is 1.00 bits per heavy atom. The fourth-order valence-electron chi connectivity index (χ4n) is 3.29. The molecule has 0 aliphatic carbocycles. The summed E-state index contributed by atoms with van der Waals surface area (Å²) in [6.07, 6.45) is 6.27. The van der Waals surface area contributed by atoms with Gasteiger partial charge in [0.15, 0.2) is 0 Å². The Hall–Kier alpha value is -0.610. The lowest BCUT2D eigenvalue weighted by Crippen LogP contribution is -2.51. The molecule has 2 saturated heterocycles. The van der Waals surface area contributed by atoms with E-state index in [9.17, 15) is 4.79 Å². The Morgan fingerprint density at radius 3 is 2.21 bits per heavy atom. The predicted molar refractivity (Wildman–Crippen MR) is 78.2 cm³/mol. The molecule has 2 aliphatic heterocycles. The fourth-order valence-corrected chi connectivity index (χ4v) is 3.29. The SMILES string of the molecule is CC(CN1CCCC1)NC(C)C(=O)N1CCCCC1. The van der Waals surface area contributed by atoms with Gasteiger partial charge in [-0.3, -0.25) is 4.79 Å². The molecule has 110 valence electrons. The first-order valence-corrected chi connectivity index (χ1v) is 7.94. The number of carbonyl (C=O) groups excluding carboxylic acids is 1. The molecule has 2 unspecified atom stereocenters. The lowest BCUT2D eigenvalue weighted by molar-refractivity contribution is -0.134. The number of nitrogens with zero attached hydrogens (tertiary/aromatic N) is 2. The number of likely N-dealkylation sites (tertiary alicyclic amines) is 2. The maximum atomic E-state index is 12.3. The first-order chi connectivity index (χ1) is 9.16. The minimum absolute atomic E-state index is 0.0456. The van der Waals surface area contributed by atoms with Crippen LogP contribution in [0, 0.1) is 0 Å². The van der Waals surface area contributed by atoms with Crippen LogP contribution in [-0.4, -0.2) is 60.5 Å². The molecule has 0 aromatic carbocycles. The topological polar surface area (TPSA) is 35.6 Å². The third-order valence-electron chi connectivity index (χ3n) is 4.30. The second-order valence-corrected chi connectivity index (χ2v) is 6.18. The van der Waals surface area contributed by atoms with Crippen LogP contribution in [0.5, 0.6) is 0 Å². The first kappa shape index (κ1) is 14.8. The first-order valence-electron chi connectivity index (χ1n) is 7.94. The summed E-state index contributed by atoms with van der Waals surface area (Å²) in [7, 11) is 0. The molecule has 0 radical (unpaired) electrons. The average Bonchev–Trinajstić information content (AvgIpc) is 2.91. The van der Waals surface area contributed by atoms with Crippen LogP contribution in [0.1, 0.15) is 46.0 Å². The van der Waals surface area contributed by atoms with E-state index in [0.29, 0.717) is 6.04 Å². The van der Waals surface area contributed by atoms with Crippen LogP contribution in [0.2, 0.25) is 0 Å². The monoisotopic (exact) mass is 267 g/mol. The molecule has 2 rings (SSSR count). The van der Waals surface area contributed by atoms with Gasteiger partial charge < -0.3 is 15.1 Å². The zero-order chi connectivity index (χ0) is 13.7. The van der Waals surface area contributed by atoms with Crippen molar-refractivity contribution in [3.63, 3.8) is 0 Å². The van der Waals surface area contributed by atoms with E-state index in [1.54, 1.807) is 0 Å². The second kappa shape index (κ2) is 7.25. The predicted octanol–water partition coefficient (Wildman–Crippen LogP) is 1.46. The summed E-state index contributed by atoms with van der Waals surface area (Å²) >= 11 is 0. The van der Waals surface area contributed by atoms with Gasteiger partial charge in [-0.2, -0.15) is 0 Å². The van der Waals surface area contributed by atoms with E-state index >= 15 is 0 Å². The Balaban J connectivity index is 1.72. The molecule has 2 aliphatic rings. The van der Waals surface area contributed by atoms with E-state index in [1.807, 2.05) is 11.8 Å². The quantitative estimate of drug-likeness (QED) is 0.819. The third-order valence-corrected chi connectivity index (χ3v) is 4.30. The van der Waals surface area contributed by atoms with Gasteiger partial charge in [0.25, 0.3) is 0 Å². The van der Waals surface area contributed by atoms with Gasteiger partial charge in [0, 0.05) is 25.7 Å². The highest BCUT2D eigenvalue weighted by molar-refractivity contribution is 5.81. The average molecular weight is 267 g/mol. The van der Waals surface area contributed by atoms with Gasteiger partial charge in [-0.1, -0.05) is 0 Å². The molecule has 0 spiro atoms. The number of nitrogens with one attached hydrogen (secondary N) is 1. The lowest BCUT2D eigenvalue weighted by atomic mass is 10.1. The van der Waals surface area contributed by atoms with Crippen LogP contribution < -0.4 is 5.32 Å². The van der Waals surface area contributed by atoms with Crippen molar-refractivity contribution in [3.8, 4) is 0 Å². The van der Waals surface area contributed by atoms with Crippen molar-refractivity contribution in [2.24, 2.45) is 0 Å². The molecule has 1 N–H and O–H groups in total. The number of carbonyl (C=O) groups is 1. The highest BCUT2D eigenvalue weighted by atomic mass is 16.2. The van der Waals surface area contributed by atoms with Crippen molar-refractivity contribution in [1.82, 2.24) is 15.1 Å². The van der Waals surface area contributed by atoms with Gasteiger partial charge >= 0.3 is 0 Å². The molecule has 4 heteroatoms. The molecule has 0 bridgehead atoms. The number of hydrogen-bond donors (Lipinski definition) is 1. The summed E-state index contributed by atoms with van der Waals surface area (Å²) in [6, 6.07) is 0.345. The molecule has 19 heavy (non-hydrogen) atoms. The summed E-state index contributed by atoms with van der Waals surface area (Å²) in [5.74, 6) is 0.285. The molecule has 0 aromatic heterocycles. The standard InChI is InChI=1S/C15H29N3O/c1-13(12-17-8-6-7-9-17)16-14(2)15(19)18-10-4-3-5-11-18/h13-14,16H,3-12H2,1-2H3. The minimum atomic E-state index is -0.0456. The Labute approximate surface area is 117 Å². The zero-order valence-electron chi connectivity index (χ0n) is 12.5. The third kappa shape index (κ3) is 4.46. The molecule has 4 nitrogen and oxygen atoms in total. The fraction of sp³-hybridized carbons (Fsp3) is 0.933. The molecule has 0 aromatic rings. The van der Waals surface area contributed by atoms with E-state index in [0.717, 1.165) is 19.6 Å². The van der Waals surface area contributed by atoms with E-state index in [2.05, 4.69) is 17.1 Å². The maximum Gasteiger partial charge on any atom is 0.239 e. The van der Waals surface area contributed by atoms with Crippen LogP contribution >= 0.6 is 0 Å². The van der Waals surface area contributed by atoms with Crippen molar-refractivity contribution < 1.29 is 4.79 Å². The van der Waals surface area contributed by atoms with Gasteiger partial charge in [0.1, 0.15) is 0 Å². The van der Waals surface area contributed by atoms with E-state index in [4.69, 9.17) is 0 Å². The number of amides is 1. The minimum Gasteiger partial charge on any atom is -0.341 e. The van der Waals surface area contributed by atoms with E-state index < -0.39 is 0 Å². The van der Waals surface area contributed by atoms with Crippen LogP contribution in [-0.2, 0) is 4.79 Å². The van der Waals surface area contributed by atoms with Gasteiger partial charge in [0.2, 0.25) is 5.91 Å². The summed E-state index contributed by atoms with van der Waals surface area (Å²) in [5, 5.41) is 3.47. The summed E-state index contributed by atoms with van der Waals surface area (Å²) in [6.45, 7) is 9.62. The van der Waals surface area contributed by atoms with E-state index in [-0.39, 0.29) is 11.9 Å². The van der Waals surface area contributed by atoms with Crippen molar-refractivity contribution in [3.05, 3.63) is 0 Å². The normalized spacial score (nSPS) is 24.4. The largest absolute Gasteiger partial charge is 0.341 e. The van der Waals surface area contributed by atoms with Gasteiger partial charge in [-0.15, -0.1) is 0 Å². The van der Waals surface area contributed by atoms with Crippen molar-refractivity contribution in [2.45, 2.75) is 58.0 Å². The molecule has 2 atom stereocenters. The molecule has 1 amide bonds. The molecule has 0 saturated carbocycles. The summed E-state index contributed by atoms with van der Waals surface area (Å²) < 4.78 is 0. The van der Waals surface area contributed by atoms with Crippen LogP contribution in [0.25, 0.3) is 0 Å². The summed E-state index contributed by atoms with van der Waals surface area (Å²) in [5.41, 5.74) is 0. The van der Waals surface area contributed by atoms with Gasteiger partial charge in [-0.05, 0) is 59.0 Å². The Morgan fingerprint density at radius 2 is 1.58 bits per heavy atom. The van der Waals surface area contributed by atoms with E-state index in [1.165, 1.54) is 45.2 Å². The number of hydrogen-bond acceptors (Lipinski definition) is 3. The second-order valence-electron chi connectivity index (χ2n) is 6.18. The molecular weight excluding hydrogens is 238 g/mol. The highest BCUT2D eigenvalue weighted by Gasteiger charge is 2.24. The molecular formula is C15H29N3O. The smallest absolute Gasteiger partial charge is 0.239 e. The van der Waals surface area contributed by atoms with Gasteiger partial charge in [-0.25, -0.2) is 0 Å². The number of rotatable bonds is 5. The zero-order valence-corrected chi connectivity index (χ0v) is 12.5. The Bertz CT molecular complexity index is 283. The maximum absolute atomic E-state index is 12.3. The van der Waals surface area contributed by atoms with Crippen LogP contribution in [0.15, 0.2) is 0 Å². The molecule has 2 heterocycles. The number of piperidine rings is 1. The van der Waals surface area contributed by atoms with Crippen LogP contribution in [0.3, 0.4) is 0 Å².